The molecule has 5 rings (SSSR count). The van der Waals surface area contributed by atoms with Crippen molar-refractivity contribution in [3.05, 3.63) is 38.3 Å². The predicted molar refractivity (Wildman–Crippen MR) is 112 cm³/mol. The first-order valence-corrected chi connectivity index (χ1v) is 11.7. The molecule has 1 aliphatic carbocycles. The van der Waals surface area contributed by atoms with Crippen LogP contribution in [0.2, 0.25) is 0 Å². The molecule has 0 saturated carbocycles. The van der Waals surface area contributed by atoms with Gasteiger partial charge >= 0.3 is 5.97 Å². The highest BCUT2D eigenvalue weighted by Crippen LogP contribution is 2.44. The number of ether oxygens (including phenoxy) is 1. The number of amides is 1. The molecule has 0 unspecified atom stereocenters. The summed E-state index contributed by atoms with van der Waals surface area (Å²) in [5.74, 6) is -0.706. The fourth-order valence-corrected chi connectivity index (χ4v) is 6.26. The van der Waals surface area contributed by atoms with Crippen LogP contribution in [0.1, 0.15) is 69.2 Å². The number of aromatic nitrogens is 2. The van der Waals surface area contributed by atoms with Gasteiger partial charge in [-0.3, -0.25) is 9.89 Å². The van der Waals surface area contributed by atoms with Crippen LogP contribution in [0.3, 0.4) is 0 Å². The Morgan fingerprint density at radius 3 is 2.83 bits per heavy atom. The minimum atomic E-state index is -0.877. The number of hydrogen-bond acceptors (Lipinski definition) is 5. The molecule has 160 valence electrons. The summed E-state index contributed by atoms with van der Waals surface area (Å²) in [4.78, 5) is 27.7. The van der Waals surface area contributed by atoms with Crippen molar-refractivity contribution in [2.45, 2.75) is 63.4 Å². The molecule has 3 aliphatic rings. The van der Waals surface area contributed by atoms with Crippen molar-refractivity contribution in [2.75, 3.05) is 19.7 Å². The third kappa shape index (κ3) is 3.46. The lowest BCUT2D eigenvalue weighted by atomic mass is 9.82. The molecule has 2 aromatic rings. The normalized spacial score (nSPS) is 20.1. The number of aromatic amines is 1. The van der Waals surface area contributed by atoms with Crippen LogP contribution in [-0.2, 0) is 40.8 Å². The molecule has 2 aromatic heterocycles. The number of carboxylic acid groups (broad SMARTS) is 1. The topological polar surface area (TPSA) is 95.5 Å². The molecular weight excluding hydrogens is 402 g/mol. The summed E-state index contributed by atoms with van der Waals surface area (Å²) < 4.78 is 6.20. The Balaban J connectivity index is 1.22. The maximum atomic E-state index is 12.8. The minimum Gasteiger partial charge on any atom is -0.477 e. The molecule has 4 heterocycles. The molecule has 2 N–H and O–H groups in total. The number of nitrogens with zero attached hydrogens (tertiary/aromatic N) is 2. The highest BCUT2D eigenvalue weighted by molar-refractivity contribution is 7.14. The van der Waals surface area contributed by atoms with Gasteiger partial charge in [0.15, 0.2) is 0 Å². The molecule has 0 aromatic carbocycles. The van der Waals surface area contributed by atoms with Gasteiger partial charge in [0, 0.05) is 42.9 Å². The molecule has 1 amide bonds. The van der Waals surface area contributed by atoms with Crippen molar-refractivity contribution in [1.82, 2.24) is 15.1 Å². The second-order valence-electron chi connectivity index (χ2n) is 8.56. The molecule has 30 heavy (non-hydrogen) atoms. The summed E-state index contributed by atoms with van der Waals surface area (Å²) in [5, 5.41) is 17.0. The average molecular weight is 430 g/mol. The first-order chi connectivity index (χ1) is 14.6. The number of H-pyrrole nitrogens is 1. The summed E-state index contributed by atoms with van der Waals surface area (Å²) in [6, 6.07) is 1.79. The number of hydrogen-bond donors (Lipinski definition) is 2. The largest absolute Gasteiger partial charge is 0.477 e. The van der Waals surface area contributed by atoms with Crippen molar-refractivity contribution >= 4 is 23.2 Å². The first kappa shape index (κ1) is 19.8. The van der Waals surface area contributed by atoms with Crippen molar-refractivity contribution in [1.29, 1.82) is 0 Å². The van der Waals surface area contributed by atoms with Gasteiger partial charge in [-0.1, -0.05) is 0 Å². The predicted octanol–water partition coefficient (Wildman–Crippen LogP) is 3.07. The zero-order chi connectivity index (χ0) is 20.7. The average Bonchev–Trinajstić information content (AvgIpc) is 3.38. The minimum absolute atomic E-state index is 0.171. The Morgan fingerprint density at radius 1 is 1.23 bits per heavy atom. The second kappa shape index (κ2) is 7.81. The molecule has 1 saturated heterocycles. The number of piperidine rings is 1. The van der Waals surface area contributed by atoms with Crippen LogP contribution in [0.5, 0.6) is 0 Å². The number of likely N-dealkylation sites (tertiary alicyclic amines) is 1. The van der Waals surface area contributed by atoms with Crippen molar-refractivity contribution in [3.8, 4) is 0 Å². The lowest BCUT2D eigenvalue weighted by Crippen LogP contribution is -2.48. The Labute approximate surface area is 179 Å². The lowest BCUT2D eigenvalue weighted by molar-refractivity contribution is -0.140. The fourth-order valence-electron chi connectivity index (χ4n) is 5.19. The standard InChI is InChI=1S/C22H27N3O4S/c26-20(6-5-17-14-3-1-2-4-16(14)23-24-17)25-10-8-22(9-11-25)15-13-19(21(27)28)30-18(15)7-12-29-22/h13H,1-12H2,(H,23,24)(H,27,28). The van der Waals surface area contributed by atoms with E-state index >= 15 is 0 Å². The van der Waals surface area contributed by atoms with Gasteiger partial charge < -0.3 is 14.7 Å². The number of carbonyl (C=O) groups excluding carboxylic acids is 1. The number of thiophene rings is 1. The van der Waals surface area contributed by atoms with Gasteiger partial charge in [-0.15, -0.1) is 11.3 Å². The van der Waals surface area contributed by atoms with Gasteiger partial charge in [0.25, 0.3) is 0 Å². The summed E-state index contributed by atoms with van der Waals surface area (Å²) in [6.07, 6.45) is 7.95. The molecule has 7 nitrogen and oxygen atoms in total. The molecule has 0 atom stereocenters. The monoisotopic (exact) mass is 429 g/mol. The van der Waals surface area contributed by atoms with Crippen LogP contribution < -0.4 is 0 Å². The van der Waals surface area contributed by atoms with E-state index in [1.54, 1.807) is 6.07 Å². The molecule has 2 aliphatic heterocycles. The van der Waals surface area contributed by atoms with Crippen LogP contribution in [0, 0.1) is 0 Å². The number of aromatic carboxylic acids is 1. The SMILES string of the molecule is O=C(O)c1cc2c(s1)CCOC21CCN(C(=O)CCc2n[nH]c3c2CCCC3)CC1. The van der Waals surface area contributed by atoms with Crippen molar-refractivity contribution in [3.63, 3.8) is 0 Å². The molecule has 1 fully saturated rings. The van der Waals surface area contributed by atoms with Crippen LogP contribution >= 0.6 is 11.3 Å². The van der Waals surface area contributed by atoms with Gasteiger partial charge in [0.05, 0.1) is 17.9 Å². The molecule has 8 heteroatoms. The Kier molecular flexibility index (Phi) is 5.14. The smallest absolute Gasteiger partial charge is 0.345 e. The number of nitrogens with one attached hydrogen (secondary N) is 1. The number of carboxylic acids is 1. The summed E-state index contributed by atoms with van der Waals surface area (Å²) >= 11 is 1.37. The van der Waals surface area contributed by atoms with Gasteiger partial charge in [0.2, 0.25) is 5.91 Å². The van der Waals surface area contributed by atoms with Crippen LogP contribution in [0.4, 0.5) is 0 Å². The van der Waals surface area contributed by atoms with Crippen LogP contribution in [0.25, 0.3) is 0 Å². The van der Waals surface area contributed by atoms with Crippen molar-refractivity contribution < 1.29 is 19.4 Å². The maximum absolute atomic E-state index is 12.8. The highest BCUT2D eigenvalue weighted by Gasteiger charge is 2.43. The highest BCUT2D eigenvalue weighted by atomic mass is 32.1. The zero-order valence-corrected chi connectivity index (χ0v) is 17.9. The van der Waals surface area contributed by atoms with Gasteiger partial charge in [-0.25, -0.2) is 4.79 Å². The van der Waals surface area contributed by atoms with E-state index in [0.29, 0.717) is 37.4 Å². The number of rotatable bonds is 4. The van der Waals surface area contributed by atoms with Gasteiger partial charge in [0.1, 0.15) is 4.88 Å². The van der Waals surface area contributed by atoms with E-state index in [0.717, 1.165) is 48.2 Å². The van der Waals surface area contributed by atoms with E-state index in [2.05, 4.69) is 10.2 Å². The third-order valence-corrected chi connectivity index (χ3v) is 8.04. The first-order valence-electron chi connectivity index (χ1n) is 10.9. The number of fused-ring (bicyclic) bond motifs is 3. The maximum Gasteiger partial charge on any atom is 0.345 e. The molecule has 0 bridgehead atoms. The lowest BCUT2D eigenvalue weighted by Gasteiger charge is -2.44. The van der Waals surface area contributed by atoms with Crippen molar-refractivity contribution in [2.24, 2.45) is 0 Å². The molecular formula is C22H27N3O4S. The van der Waals surface area contributed by atoms with E-state index in [1.807, 2.05) is 4.90 Å². The summed E-state index contributed by atoms with van der Waals surface area (Å²) in [5.41, 5.74) is 4.25. The quantitative estimate of drug-likeness (QED) is 0.779. The number of carbonyl (C=O) groups is 2. The van der Waals surface area contributed by atoms with Gasteiger partial charge in [-0.05, 0) is 55.7 Å². The van der Waals surface area contributed by atoms with E-state index in [1.165, 1.54) is 35.4 Å². The Morgan fingerprint density at radius 2 is 2.03 bits per heavy atom. The number of aryl methyl sites for hydroxylation is 2. The molecule has 1 spiro atoms. The fraction of sp³-hybridized carbons (Fsp3) is 0.591. The second-order valence-corrected chi connectivity index (χ2v) is 9.70. The summed E-state index contributed by atoms with van der Waals surface area (Å²) in [6.45, 7) is 1.91. The Bertz CT molecular complexity index is 971. The Hall–Kier alpha value is -2.19. The molecule has 0 radical (unpaired) electrons. The summed E-state index contributed by atoms with van der Waals surface area (Å²) in [7, 11) is 0. The van der Waals surface area contributed by atoms with Crippen LogP contribution in [-0.4, -0.2) is 51.8 Å². The van der Waals surface area contributed by atoms with E-state index in [-0.39, 0.29) is 5.91 Å². The zero-order valence-electron chi connectivity index (χ0n) is 17.0. The van der Waals surface area contributed by atoms with Gasteiger partial charge in [-0.2, -0.15) is 5.10 Å². The third-order valence-electron chi connectivity index (χ3n) is 6.86. The van der Waals surface area contributed by atoms with Crippen LogP contribution in [0.15, 0.2) is 6.07 Å². The van der Waals surface area contributed by atoms with E-state index < -0.39 is 11.6 Å². The van der Waals surface area contributed by atoms with E-state index in [4.69, 9.17) is 4.74 Å². The van der Waals surface area contributed by atoms with E-state index in [9.17, 15) is 14.7 Å².